The minimum atomic E-state index is -0.796. The number of aromatic nitrogens is 2. The number of carboxylic acid groups (broad SMARTS) is 1. The lowest BCUT2D eigenvalue weighted by Gasteiger charge is -2.26. The first-order valence-corrected chi connectivity index (χ1v) is 11.0. The number of hydrogen-bond donors (Lipinski definition) is 3. The van der Waals surface area contributed by atoms with Crippen LogP contribution in [-0.4, -0.2) is 33.3 Å². The average molecular weight is 471 g/mol. The minimum absolute atomic E-state index is 0.000780. The third-order valence-corrected chi connectivity index (χ3v) is 5.22. The predicted octanol–water partition coefficient (Wildman–Crippen LogP) is 4.93. The van der Waals surface area contributed by atoms with Gasteiger partial charge < -0.3 is 24.9 Å². The number of allylic oxidation sites excluding steroid dienone is 4. The van der Waals surface area contributed by atoms with E-state index in [1.807, 2.05) is 19.1 Å². The van der Waals surface area contributed by atoms with E-state index in [-0.39, 0.29) is 29.6 Å². The van der Waals surface area contributed by atoms with Gasteiger partial charge in [-0.05, 0) is 56.4 Å². The summed E-state index contributed by atoms with van der Waals surface area (Å²) in [7, 11) is 0. The van der Waals surface area contributed by atoms with Crippen molar-refractivity contribution >= 4 is 23.6 Å². The summed E-state index contributed by atoms with van der Waals surface area (Å²) < 4.78 is 25.7. The summed E-state index contributed by atoms with van der Waals surface area (Å²) in [5, 5.41) is 21.8. The van der Waals surface area contributed by atoms with Crippen LogP contribution in [0.2, 0.25) is 0 Å². The van der Waals surface area contributed by atoms with Gasteiger partial charge in [-0.3, -0.25) is 9.59 Å². The van der Waals surface area contributed by atoms with Crippen molar-refractivity contribution in [3.05, 3.63) is 66.5 Å². The number of amides is 1. The molecule has 0 saturated heterocycles. The van der Waals surface area contributed by atoms with Gasteiger partial charge in [-0.1, -0.05) is 30.8 Å². The van der Waals surface area contributed by atoms with Crippen LogP contribution in [0.15, 0.2) is 59.2 Å². The summed E-state index contributed by atoms with van der Waals surface area (Å²) in [5.74, 6) is -2.64. The number of nitrogens with zero attached hydrogens (tertiary/aromatic N) is 2. The molecule has 9 nitrogen and oxygen atoms in total. The third kappa shape index (κ3) is 6.77. The molecule has 10 heteroatoms. The quantitative estimate of drug-likeness (QED) is 0.417. The van der Waals surface area contributed by atoms with Crippen LogP contribution >= 0.6 is 0 Å². The van der Waals surface area contributed by atoms with Gasteiger partial charge in [-0.15, -0.1) is 5.10 Å². The topological polar surface area (TPSA) is 127 Å². The normalized spacial score (nSPS) is 18.5. The highest BCUT2D eigenvalue weighted by atomic mass is 19.1. The second kappa shape index (κ2) is 11.8. The van der Waals surface area contributed by atoms with E-state index in [9.17, 15) is 14.0 Å². The molecule has 0 unspecified atom stereocenters. The van der Waals surface area contributed by atoms with Gasteiger partial charge in [0, 0.05) is 11.8 Å². The molecular formula is C24H27FN4O5. The van der Waals surface area contributed by atoms with Gasteiger partial charge in [0.05, 0.1) is 17.7 Å². The molecule has 3 N–H and O–H groups in total. The highest BCUT2D eigenvalue weighted by Crippen LogP contribution is 2.29. The van der Waals surface area contributed by atoms with E-state index in [0.29, 0.717) is 37.1 Å². The van der Waals surface area contributed by atoms with Crippen molar-refractivity contribution in [3.63, 3.8) is 0 Å². The standard InChI is InChI=1S/C24H27FN4O5/c1-3-5-7-16(6-4-2)26-24-29-28-22(34-24)21(30)27-20-13-12-18(14-19(20)25)33-17-10-8-15(9-11-17)23(31)32/h4-7,12-15,17H,2-3,8-11H2,1H3,(H,26,29)(H,27,30)(H,31,32)/b7-5-,16-6+. The smallest absolute Gasteiger partial charge is 0.320 e. The maximum Gasteiger partial charge on any atom is 0.320 e. The van der Waals surface area contributed by atoms with Gasteiger partial charge >= 0.3 is 23.8 Å². The zero-order valence-corrected chi connectivity index (χ0v) is 18.8. The average Bonchev–Trinajstić information content (AvgIpc) is 3.28. The Bertz CT molecular complexity index is 1090. The molecule has 0 spiro atoms. The Balaban J connectivity index is 1.58. The molecule has 180 valence electrons. The molecule has 1 aromatic carbocycles. The second-order valence-electron chi connectivity index (χ2n) is 7.73. The Labute approximate surface area is 196 Å². The Morgan fingerprint density at radius 2 is 2.03 bits per heavy atom. The number of ether oxygens (including phenoxy) is 1. The van der Waals surface area contributed by atoms with Crippen LogP contribution in [-0.2, 0) is 4.79 Å². The Morgan fingerprint density at radius 1 is 1.26 bits per heavy atom. The Kier molecular flexibility index (Phi) is 8.55. The summed E-state index contributed by atoms with van der Waals surface area (Å²) in [4.78, 5) is 23.5. The molecule has 1 amide bonds. The van der Waals surface area contributed by atoms with E-state index >= 15 is 0 Å². The number of carbonyl (C=O) groups excluding carboxylic acids is 1. The van der Waals surface area contributed by atoms with Crippen LogP contribution < -0.4 is 15.4 Å². The largest absolute Gasteiger partial charge is 0.490 e. The third-order valence-electron chi connectivity index (χ3n) is 5.22. The molecule has 0 bridgehead atoms. The molecule has 0 radical (unpaired) electrons. The summed E-state index contributed by atoms with van der Waals surface area (Å²) in [6.07, 6.45) is 9.89. The van der Waals surface area contributed by atoms with Crippen molar-refractivity contribution in [3.8, 4) is 5.75 Å². The highest BCUT2D eigenvalue weighted by Gasteiger charge is 2.27. The lowest BCUT2D eigenvalue weighted by Crippen LogP contribution is -2.27. The first kappa shape index (κ1) is 24.7. The van der Waals surface area contributed by atoms with E-state index in [1.165, 1.54) is 18.2 Å². The zero-order chi connectivity index (χ0) is 24.5. The molecule has 0 aliphatic heterocycles. The maximum atomic E-state index is 14.6. The number of benzene rings is 1. The molecule has 1 saturated carbocycles. The summed E-state index contributed by atoms with van der Waals surface area (Å²) in [6.45, 7) is 5.63. The van der Waals surface area contributed by atoms with Crippen LogP contribution in [0.5, 0.6) is 5.75 Å². The molecule has 1 aliphatic carbocycles. The zero-order valence-electron chi connectivity index (χ0n) is 18.8. The molecule has 1 fully saturated rings. The number of aliphatic carboxylic acids is 1. The molecule has 1 aliphatic rings. The number of hydrogen-bond acceptors (Lipinski definition) is 7. The molecule has 1 aromatic heterocycles. The molecule has 3 rings (SSSR count). The highest BCUT2D eigenvalue weighted by molar-refractivity contribution is 6.01. The monoisotopic (exact) mass is 470 g/mol. The van der Waals surface area contributed by atoms with E-state index < -0.39 is 17.7 Å². The Morgan fingerprint density at radius 3 is 2.68 bits per heavy atom. The van der Waals surface area contributed by atoms with Gasteiger partial charge in [-0.2, -0.15) is 0 Å². The Hall–Kier alpha value is -3.95. The minimum Gasteiger partial charge on any atom is -0.490 e. The van der Waals surface area contributed by atoms with Crippen LogP contribution in [0.3, 0.4) is 0 Å². The lowest BCUT2D eigenvalue weighted by atomic mass is 9.87. The summed E-state index contributed by atoms with van der Waals surface area (Å²) >= 11 is 0. The van der Waals surface area contributed by atoms with E-state index in [1.54, 1.807) is 12.2 Å². The van der Waals surface area contributed by atoms with Crippen molar-refractivity contribution in [2.24, 2.45) is 5.92 Å². The van der Waals surface area contributed by atoms with Crippen LogP contribution in [0.25, 0.3) is 0 Å². The summed E-state index contributed by atoms with van der Waals surface area (Å²) in [6, 6.07) is 4.09. The molecule has 0 atom stereocenters. The van der Waals surface area contributed by atoms with Gasteiger partial charge in [0.2, 0.25) is 0 Å². The van der Waals surface area contributed by atoms with E-state index in [2.05, 4.69) is 27.4 Å². The van der Waals surface area contributed by atoms with Crippen LogP contribution in [0, 0.1) is 11.7 Å². The second-order valence-corrected chi connectivity index (χ2v) is 7.73. The fourth-order valence-electron chi connectivity index (χ4n) is 3.47. The number of rotatable bonds is 10. The fraction of sp³-hybridized carbons (Fsp3) is 0.333. The number of carbonyl (C=O) groups is 2. The van der Waals surface area contributed by atoms with E-state index in [0.717, 1.165) is 6.42 Å². The predicted molar refractivity (Wildman–Crippen MR) is 124 cm³/mol. The number of anilines is 2. The van der Waals surface area contributed by atoms with Crippen LogP contribution in [0.1, 0.15) is 49.7 Å². The summed E-state index contributed by atoms with van der Waals surface area (Å²) in [5.41, 5.74) is 0.573. The van der Waals surface area contributed by atoms with Crippen molar-refractivity contribution in [1.29, 1.82) is 0 Å². The fourth-order valence-corrected chi connectivity index (χ4v) is 3.47. The van der Waals surface area contributed by atoms with E-state index in [4.69, 9.17) is 14.3 Å². The first-order chi connectivity index (χ1) is 16.4. The number of nitrogens with one attached hydrogen (secondary N) is 2. The van der Waals surface area contributed by atoms with Gasteiger partial charge in [0.15, 0.2) is 0 Å². The van der Waals surface area contributed by atoms with Crippen molar-refractivity contribution < 1.29 is 28.2 Å². The molecule has 1 heterocycles. The number of carboxylic acids is 1. The maximum absolute atomic E-state index is 14.6. The SMILES string of the molecule is C=C/C=C(\C=C/CC)Nc1nnc(C(=O)Nc2ccc(OC3CCC(C(=O)O)CC3)cc2F)o1. The molecular weight excluding hydrogens is 443 g/mol. The number of halogens is 1. The first-order valence-electron chi connectivity index (χ1n) is 11.0. The van der Waals surface area contributed by atoms with Gasteiger partial charge in [0.1, 0.15) is 11.6 Å². The van der Waals surface area contributed by atoms with Gasteiger partial charge in [-0.25, -0.2) is 4.39 Å². The van der Waals surface area contributed by atoms with Crippen LogP contribution in [0.4, 0.5) is 16.1 Å². The van der Waals surface area contributed by atoms with Gasteiger partial charge in [0.25, 0.3) is 0 Å². The van der Waals surface area contributed by atoms with Crippen molar-refractivity contribution in [2.75, 3.05) is 10.6 Å². The van der Waals surface area contributed by atoms with Crippen molar-refractivity contribution in [2.45, 2.75) is 45.1 Å². The molecule has 34 heavy (non-hydrogen) atoms. The lowest BCUT2D eigenvalue weighted by molar-refractivity contribution is -0.143. The van der Waals surface area contributed by atoms with Crippen molar-refractivity contribution in [1.82, 2.24) is 10.2 Å². The molecule has 2 aromatic rings.